The van der Waals surface area contributed by atoms with Crippen LogP contribution in [0.2, 0.25) is 0 Å². The van der Waals surface area contributed by atoms with Crippen molar-refractivity contribution in [2.45, 2.75) is 46.6 Å². The third kappa shape index (κ3) is 5.02. The molecule has 1 amide bonds. The summed E-state index contributed by atoms with van der Waals surface area (Å²) in [6, 6.07) is 8.47. The number of nitrogens with one attached hydrogen (secondary N) is 1. The van der Waals surface area contributed by atoms with Crippen LogP contribution in [0.3, 0.4) is 0 Å². The van der Waals surface area contributed by atoms with Gasteiger partial charge < -0.3 is 10.1 Å². The highest BCUT2D eigenvalue weighted by Crippen LogP contribution is 2.24. The second-order valence-corrected chi connectivity index (χ2v) is 7.37. The van der Waals surface area contributed by atoms with Crippen molar-refractivity contribution in [2.24, 2.45) is 0 Å². The van der Waals surface area contributed by atoms with Gasteiger partial charge in [0.15, 0.2) is 11.9 Å². The average molecular weight is 373 g/mol. The normalized spacial score (nSPS) is 11.7. The maximum absolute atomic E-state index is 12.3. The van der Waals surface area contributed by atoms with E-state index >= 15 is 0 Å². The van der Waals surface area contributed by atoms with E-state index in [-0.39, 0.29) is 5.78 Å². The number of thiophene rings is 1. The van der Waals surface area contributed by atoms with Gasteiger partial charge in [-0.3, -0.25) is 9.59 Å². The largest absolute Gasteiger partial charge is 0.448 e. The van der Waals surface area contributed by atoms with E-state index in [2.05, 4.69) is 12.2 Å². The van der Waals surface area contributed by atoms with Crippen LogP contribution >= 0.6 is 11.3 Å². The first kappa shape index (κ1) is 19.8. The Bertz CT molecular complexity index is 825. The standard InChI is InChI=1S/C20H23NO4S/c1-5-7-16-11-18(26-14(16)4)20(24)25-13(3)19(23)21-17-9-6-8-15(10-17)12(2)22/h6,8-11,13H,5,7H2,1-4H3,(H,21,23)/t13-/m1/s1. The van der Waals surface area contributed by atoms with Gasteiger partial charge in [0.05, 0.1) is 0 Å². The number of ether oxygens (including phenoxy) is 1. The van der Waals surface area contributed by atoms with Gasteiger partial charge in [0.25, 0.3) is 5.91 Å². The van der Waals surface area contributed by atoms with Crippen LogP contribution in [0, 0.1) is 6.92 Å². The highest BCUT2D eigenvalue weighted by atomic mass is 32.1. The first-order chi connectivity index (χ1) is 12.3. The Morgan fingerprint density at radius 2 is 1.96 bits per heavy atom. The van der Waals surface area contributed by atoms with Gasteiger partial charge in [0, 0.05) is 16.1 Å². The van der Waals surface area contributed by atoms with Crippen LogP contribution in [0.4, 0.5) is 5.69 Å². The van der Waals surface area contributed by atoms with Crippen molar-refractivity contribution in [3.8, 4) is 0 Å². The molecule has 6 heteroatoms. The summed E-state index contributed by atoms with van der Waals surface area (Å²) in [5.74, 6) is -1.03. The lowest BCUT2D eigenvalue weighted by Crippen LogP contribution is -2.29. The van der Waals surface area contributed by atoms with Gasteiger partial charge in [-0.1, -0.05) is 25.5 Å². The minimum atomic E-state index is -0.944. The number of rotatable bonds is 7. The van der Waals surface area contributed by atoms with Crippen LogP contribution in [0.1, 0.15) is 57.7 Å². The zero-order valence-electron chi connectivity index (χ0n) is 15.4. The summed E-state index contributed by atoms with van der Waals surface area (Å²) < 4.78 is 5.29. The third-order valence-corrected chi connectivity index (χ3v) is 5.00. The molecule has 0 spiro atoms. The van der Waals surface area contributed by atoms with Gasteiger partial charge in [-0.25, -0.2) is 4.79 Å². The molecule has 0 aliphatic heterocycles. The molecule has 0 saturated heterocycles. The SMILES string of the molecule is CCCc1cc(C(=O)O[C@H](C)C(=O)Nc2cccc(C(C)=O)c2)sc1C. The number of ketones is 1. The van der Waals surface area contributed by atoms with E-state index in [4.69, 9.17) is 4.74 Å². The Morgan fingerprint density at radius 1 is 1.23 bits per heavy atom. The fraction of sp³-hybridized carbons (Fsp3) is 0.350. The van der Waals surface area contributed by atoms with E-state index in [0.717, 1.165) is 23.3 Å². The van der Waals surface area contributed by atoms with Crippen molar-refractivity contribution in [3.63, 3.8) is 0 Å². The molecule has 0 saturated carbocycles. The average Bonchev–Trinajstić information content (AvgIpc) is 2.96. The third-order valence-electron chi connectivity index (χ3n) is 3.93. The molecule has 0 bridgehead atoms. The number of benzene rings is 1. The topological polar surface area (TPSA) is 72.5 Å². The van der Waals surface area contributed by atoms with E-state index in [1.165, 1.54) is 25.2 Å². The van der Waals surface area contributed by atoms with Gasteiger partial charge in [0.1, 0.15) is 4.88 Å². The van der Waals surface area contributed by atoms with Crippen LogP contribution in [0.25, 0.3) is 0 Å². The zero-order valence-corrected chi connectivity index (χ0v) is 16.2. The maximum atomic E-state index is 12.3. The molecule has 1 aromatic carbocycles. The Labute approximate surface area is 157 Å². The molecule has 1 N–H and O–H groups in total. The summed E-state index contributed by atoms with van der Waals surface area (Å²) in [7, 11) is 0. The van der Waals surface area contributed by atoms with Gasteiger partial charge >= 0.3 is 5.97 Å². The molecular formula is C20H23NO4S. The van der Waals surface area contributed by atoms with E-state index in [1.54, 1.807) is 24.3 Å². The molecule has 0 aliphatic carbocycles. The fourth-order valence-corrected chi connectivity index (χ4v) is 3.42. The molecule has 138 valence electrons. The Balaban J connectivity index is 2.00. The van der Waals surface area contributed by atoms with Crippen molar-refractivity contribution in [3.05, 3.63) is 51.2 Å². The molecular weight excluding hydrogens is 350 g/mol. The van der Waals surface area contributed by atoms with E-state index in [0.29, 0.717) is 16.1 Å². The molecule has 0 aliphatic rings. The molecule has 5 nitrogen and oxygen atoms in total. The number of hydrogen-bond donors (Lipinski definition) is 1. The smallest absolute Gasteiger partial charge is 0.349 e. The van der Waals surface area contributed by atoms with E-state index in [9.17, 15) is 14.4 Å². The number of aryl methyl sites for hydroxylation is 2. The summed E-state index contributed by atoms with van der Waals surface area (Å²) in [4.78, 5) is 37.6. The summed E-state index contributed by atoms with van der Waals surface area (Å²) >= 11 is 1.38. The molecule has 0 radical (unpaired) electrons. The Hall–Kier alpha value is -2.47. The Kier molecular flexibility index (Phi) is 6.69. The number of carbonyl (C=O) groups excluding carboxylic acids is 3. The maximum Gasteiger partial charge on any atom is 0.349 e. The zero-order chi connectivity index (χ0) is 19.3. The molecule has 0 unspecified atom stereocenters. The second kappa shape index (κ2) is 8.76. The molecule has 1 atom stereocenters. The summed E-state index contributed by atoms with van der Waals surface area (Å²) in [5.41, 5.74) is 2.13. The van der Waals surface area contributed by atoms with Gasteiger partial charge in [0.2, 0.25) is 0 Å². The lowest BCUT2D eigenvalue weighted by molar-refractivity contribution is -0.123. The minimum Gasteiger partial charge on any atom is -0.448 e. The van der Waals surface area contributed by atoms with Crippen molar-refractivity contribution >= 4 is 34.7 Å². The number of esters is 1. The predicted molar refractivity (Wildman–Crippen MR) is 103 cm³/mol. The fourth-order valence-electron chi connectivity index (χ4n) is 2.47. The molecule has 2 rings (SSSR count). The van der Waals surface area contributed by atoms with Crippen molar-refractivity contribution in [2.75, 3.05) is 5.32 Å². The van der Waals surface area contributed by atoms with E-state index < -0.39 is 18.0 Å². The van der Waals surface area contributed by atoms with Crippen molar-refractivity contribution in [1.29, 1.82) is 0 Å². The molecule has 1 aromatic heterocycles. The minimum absolute atomic E-state index is 0.0866. The van der Waals surface area contributed by atoms with Crippen molar-refractivity contribution in [1.82, 2.24) is 0 Å². The molecule has 26 heavy (non-hydrogen) atoms. The molecule has 2 aromatic rings. The first-order valence-corrected chi connectivity index (χ1v) is 9.35. The number of carbonyl (C=O) groups is 3. The van der Waals surface area contributed by atoms with Gasteiger partial charge in [-0.15, -0.1) is 11.3 Å². The van der Waals surface area contributed by atoms with Crippen LogP contribution in [-0.2, 0) is 16.0 Å². The highest BCUT2D eigenvalue weighted by molar-refractivity contribution is 7.14. The molecule has 1 heterocycles. The number of hydrogen-bond acceptors (Lipinski definition) is 5. The monoisotopic (exact) mass is 373 g/mol. The summed E-state index contributed by atoms with van der Waals surface area (Å²) in [5, 5.41) is 2.67. The Morgan fingerprint density at radius 3 is 2.62 bits per heavy atom. The lowest BCUT2D eigenvalue weighted by atomic mass is 10.1. The molecule has 0 fully saturated rings. The van der Waals surface area contributed by atoms with Crippen LogP contribution in [0.15, 0.2) is 30.3 Å². The predicted octanol–water partition coefficient (Wildman–Crippen LogP) is 4.40. The quantitative estimate of drug-likeness (QED) is 0.577. The number of Topliss-reactive ketones (excluding diaryl/α,β-unsaturated/α-hetero) is 1. The summed E-state index contributed by atoms with van der Waals surface area (Å²) in [6.45, 7) is 7.05. The highest BCUT2D eigenvalue weighted by Gasteiger charge is 2.21. The van der Waals surface area contributed by atoms with Crippen molar-refractivity contribution < 1.29 is 19.1 Å². The second-order valence-electron chi connectivity index (χ2n) is 6.12. The van der Waals surface area contributed by atoms with E-state index in [1.807, 2.05) is 13.0 Å². The summed E-state index contributed by atoms with van der Waals surface area (Å²) in [6.07, 6.45) is 0.975. The van der Waals surface area contributed by atoms with Gasteiger partial charge in [-0.2, -0.15) is 0 Å². The first-order valence-electron chi connectivity index (χ1n) is 8.54. The van der Waals surface area contributed by atoms with Crippen LogP contribution in [-0.4, -0.2) is 23.8 Å². The lowest BCUT2D eigenvalue weighted by Gasteiger charge is -2.13. The number of anilines is 1. The van der Waals surface area contributed by atoms with Crippen LogP contribution in [0.5, 0.6) is 0 Å². The number of amides is 1. The van der Waals surface area contributed by atoms with Gasteiger partial charge in [-0.05, 0) is 51.0 Å². The van der Waals surface area contributed by atoms with Crippen LogP contribution < -0.4 is 5.32 Å².